The van der Waals surface area contributed by atoms with E-state index in [4.69, 9.17) is 4.74 Å². The molecule has 3 aromatic heterocycles. The van der Waals surface area contributed by atoms with Crippen LogP contribution in [0.4, 0.5) is 0 Å². The molecular formula is C28H27N5O3. The van der Waals surface area contributed by atoms with Crippen molar-refractivity contribution in [2.75, 3.05) is 14.2 Å². The van der Waals surface area contributed by atoms with Gasteiger partial charge in [0.1, 0.15) is 11.4 Å². The Kier molecular flexibility index (Phi) is 6.26. The van der Waals surface area contributed by atoms with E-state index in [2.05, 4.69) is 21.1 Å². The van der Waals surface area contributed by atoms with Gasteiger partial charge in [-0.1, -0.05) is 36.4 Å². The molecule has 2 aromatic carbocycles. The maximum atomic E-state index is 12.9. The Bertz CT molecular complexity index is 1540. The summed E-state index contributed by atoms with van der Waals surface area (Å²) in [5.41, 5.74) is 5.86. The van der Waals surface area contributed by atoms with E-state index in [1.54, 1.807) is 37.3 Å². The van der Waals surface area contributed by atoms with Crippen LogP contribution < -0.4 is 4.74 Å². The molecule has 0 fully saturated rings. The van der Waals surface area contributed by atoms with Gasteiger partial charge in [-0.25, -0.2) is 4.98 Å². The monoisotopic (exact) mass is 481 g/mol. The van der Waals surface area contributed by atoms with Crippen molar-refractivity contribution in [2.45, 2.75) is 12.6 Å². The van der Waals surface area contributed by atoms with E-state index in [0.29, 0.717) is 12.1 Å². The number of rotatable bonds is 7. The number of benzene rings is 2. The fourth-order valence-electron chi connectivity index (χ4n) is 4.37. The first-order chi connectivity index (χ1) is 17.5. The number of nitrogens with zero attached hydrogens (tertiary/aromatic N) is 4. The molecular weight excluding hydrogens is 454 g/mol. The van der Waals surface area contributed by atoms with Crippen molar-refractivity contribution in [3.63, 3.8) is 0 Å². The number of fused-ring (bicyclic) bond motifs is 1. The lowest BCUT2D eigenvalue weighted by molar-refractivity contribution is -0.139. The van der Waals surface area contributed by atoms with E-state index < -0.39 is 6.10 Å². The first kappa shape index (κ1) is 23.3. The van der Waals surface area contributed by atoms with Crippen molar-refractivity contribution in [2.24, 2.45) is 7.05 Å². The highest BCUT2D eigenvalue weighted by atomic mass is 16.5. The van der Waals surface area contributed by atoms with Gasteiger partial charge in [0.2, 0.25) is 0 Å². The number of aliphatic hydroxyl groups is 1. The van der Waals surface area contributed by atoms with Crippen LogP contribution in [-0.4, -0.2) is 49.8 Å². The van der Waals surface area contributed by atoms with Crippen molar-refractivity contribution < 1.29 is 14.6 Å². The zero-order chi connectivity index (χ0) is 25.2. The van der Waals surface area contributed by atoms with E-state index in [0.717, 1.165) is 44.7 Å². The second-order valence-electron chi connectivity index (χ2n) is 8.69. The number of aliphatic hydroxyl groups excluding tert-OH is 1. The van der Waals surface area contributed by atoms with Crippen LogP contribution in [0.5, 0.6) is 5.75 Å². The van der Waals surface area contributed by atoms with Gasteiger partial charge in [-0.2, -0.15) is 5.10 Å². The maximum absolute atomic E-state index is 12.9. The number of methoxy groups -OCH3 is 1. The van der Waals surface area contributed by atoms with Gasteiger partial charge in [0.25, 0.3) is 5.91 Å². The Morgan fingerprint density at radius 3 is 2.72 bits per heavy atom. The number of nitrogens with one attached hydrogen (secondary N) is 1. The SMILES string of the molecule is COc1ccccc1-c1c[nH]c2ncc(-c3cccc(C(O)C(=O)N(C)Cc4ccnn4C)c3)cc12. The highest BCUT2D eigenvalue weighted by Crippen LogP contribution is 2.36. The van der Waals surface area contributed by atoms with E-state index in [-0.39, 0.29) is 5.91 Å². The molecule has 0 spiro atoms. The van der Waals surface area contributed by atoms with Crippen LogP contribution in [0.3, 0.4) is 0 Å². The Labute approximate surface area is 208 Å². The van der Waals surface area contributed by atoms with E-state index in [9.17, 15) is 9.90 Å². The molecule has 1 atom stereocenters. The number of likely N-dealkylation sites (N-methyl/N-ethyl adjacent to an activating group) is 1. The van der Waals surface area contributed by atoms with Gasteiger partial charge in [0.15, 0.2) is 6.10 Å². The van der Waals surface area contributed by atoms with Crippen LogP contribution in [0.15, 0.2) is 79.3 Å². The van der Waals surface area contributed by atoms with Crippen molar-refractivity contribution >= 4 is 16.9 Å². The van der Waals surface area contributed by atoms with Crippen molar-refractivity contribution in [3.05, 3.63) is 90.5 Å². The van der Waals surface area contributed by atoms with Gasteiger partial charge in [0, 0.05) is 54.8 Å². The lowest BCUT2D eigenvalue weighted by Gasteiger charge is -2.21. The number of amides is 1. The van der Waals surface area contributed by atoms with Crippen LogP contribution in [0.25, 0.3) is 33.3 Å². The molecule has 1 amide bonds. The lowest BCUT2D eigenvalue weighted by Crippen LogP contribution is -2.32. The molecule has 8 nitrogen and oxygen atoms in total. The van der Waals surface area contributed by atoms with Gasteiger partial charge in [-0.15, -0.1) is 0 Å². The van der Waals surface area contributed by atoms with Gasteiger partial charge >= 0.3 is 0 Å². The van der Waals surface area contributed by atoms with Gasteiger partial charge in [-0.05, 0) is 35.4 Å². The van der Waals surface area contributed by atoms with Gasteiger partial charge < -0.3 is 19.7 Å². The molecule has 5 rings (SSSR count). The number of aryl methyl sites for hydroxylation is 1. The van der Waals surface area contributed by atoms with Gasteiger partial charge in [0.05, 0.1) is 19.3 Å². The van der Waals surface area contributed by atoms with E-state index >= 15 is 0 Å². The molecule has 0 radical (unpaired) electrons. The first-order valence-electron chi connectivity index (χ1n) is 11.6. The van der Waals surface area contributed by atoms with E-state index in [1.807, 2.05) is 61.8 Å². The number of aromatic amines is 1. The minimum atomic E-state index is -1.28. The maximum Gasteiger partial charge on any atom is 0.256 e. The number of pyridine rings is 1. The fourth-order valence-corrected chi connectivity index (χ4v) is 4.37. The number of ether oxygens (including phenoxy) is 1. The van der Waals surface area contributed by atoms with Gasteiger partial charge in [-0.3, -0.25) is 9.48 Å². The summed E-state index contributed by atoms with van der Waals surface area (Å²) in [6.07, 6.45) is 4.11. The molecule has 8 heteroatoms. The third kappa shape index (κ3) is 4.34. The summed E-state index contributed by atoms with van der Waals surface area (Å²) in [5.74, 6) is 0.397. The summed E-state index contributed by atoms with van der Waals surface area (Å²) in [6, 6.07) is 19.1. The minimum absolute atomic E-state index is 0.353. The molecule has 2 N–H and O–H groups in total. The summed E-state index contributed by atoms with van der Waals surface area (Å²) in [5, 5.41) is 16.0. The summed E-state index contributed by atoms with van der Waals surface area (Å²) >= 11 is 0. The highest BCUT2D eigenvalue weighted by Gasteiger charge is 2.22. The molecule has 3 heterocycles. The normalized spacial score (nSPS) is 12.0. The zero-order valence-electron chi connectivity index (χ0n) is 20.3. The Morgan fingerprint density at radius 2 is 1.94 bits per heavy atom. The van der Waals surface area contributed by atoms with E-state index in [1.165, 1.54) is 4.90 Å². The zero-order valence-corrected chi connectivity index (χ0v) is 20.3. The smallest absolute Gasteiger partial charge is 0.256 e. The molecule has 36 heavy (non-hydrogen) atoms. The predicted octanol–water partition coefficient (Wildman–Crippen LogP) is 4.33. The number of carbonyl (C=O) groups is 1. The molecule has 0 saturated carbocycles. The number of para-hydroxylation sites is 1. The fraction of sp³-hybridized carbons (Fsp3) is 0.179. The molecule has 0 aliphatic rings. The largest absolute Gasteiger partial charge is 0.496 e. The average molecular weight is 482 g/mol. The summed E-state index contributed by atoms with van der Waals surface area (Å²) < 4.78 is 7.26. The Balaban J connectivity index is 1.44. The number of aromatic nitrogens is 4. The average Bonchev–Trinajstić information content (AvgIpc) is 3.53. The van der Waals surface area contributed by atoms with Crippen LogP contribution in [0.2, 0.25) is 0 Å². The quantitative estimate of drug-likeness (QED) is 0.361. The second-order valence-corrected chi connectivity index (χ2v) is 8.69. The lowest BCUT2D eigenvalue weighted by atomic mass is 9.99. The van der Waals surface area contributed by atoms with Crippen molar-refractivity contribution in [1.29, 1.82) is 0 Å². The number of carbonyl (C=O) groups excluding carboxylic acids is 1. The number of hydrogen-bond donors (Lipinski definition) is 2. The molecule has 1 unspecified atom stereocenters. The van der Waals surface area contributed by atoms with Crippen molar-refractivity contribution in [3.8, 4) is 28.0 Å². The first-order valence-corrected chi connectivity index (χ1v) is 11.6. The highest BCUT2D eigenvalue weighted by molar-refractivity contribution is 5.97. The Hall–Kier alpha value is -4.43. The topological polar surface area (TPSA) is 96.3 Å². The third-order valence-electron chi connectivity index (χ3n) is 6.40. The number of hydrogen-bond acceptors (Lipinski definition) is 5. The van der Waals surface area contributed by atoms with Crippen molar-refractivity contribution in [1.82, 2.24) is 24.6 Å². The van der Waals surface area contributed by atoms with Crippen LogP contribution in [0.1, 0.15) is 17.4 Å². The predicted molar refractivity (Wildman–Crippen MR) is 138 cm³/mol. The third-order valence-corrected chi connectivity index (χ3v) is 6.40. The Morgan fingerprint density at radius 1 is 1.11 bits per heavy atom. The molecule has 0 bridgehead atoms. The second kappa shape index (κ2) is 9.67. The summed E-state index contributed by atoms with van der Waals surface area (Å²) in [4.78, 5) is 22.3. The van der Waals surface area contributed by atoms with Crippen LogP contribution >= 0.6 is 0 Å². The number of H-pyrrole nitrogens is 1. The molecule has 182 valence electrons. The summed E-state index contributed by atoms with van der Waals surface area (Å²) in [7, 11) is 5.15. The van der Waals surface area contributed by atoms with Crippen LogP contribution in [-0.2, 0) is 18.4 Å². The standard InChI is InChI=1S/C28H27N5O3/c1-32(17-21-11-12-31-33(21)2)28(35)26(34)19-8-6-7-18(13-19)20-14-23-24(16-30-27(23)29-15-20)22-9-4-5-10-25(22)36-3/h4-16,26,34H,17H2,1-3H3,(H,29,30). The molecule has 0 aliphatic carbocycles. The molecule has 0 aliphatic heterocycles. The molecule has 5 aromatic rings. The molecule has 0 saturated heterocycles. The van der Waals surface area contributed by atoms with Crippen LogP contribution in [0, 0.1) is 0 Å². The minimum Gasteiger partial charge on any atom is -0.496 e. The summed E-state index contributed by atoms with van der Waals surface area (Å²) in [6.45, 7) is 0.353.